The molecule has 9 nitrogen and oxygen atoms in total. The second kappa shape index (κ2) is 12.9. The Kier molecular flexibility index (Phi) is 10.1. The molecule has 2 atom stereocenters. The Morgan fingerprint density at radius 1 is 1.03 bits per heavy atom. The van der Waals surface area contributed by atoms with Crippen LogP contribution in [0.2, 0.25) is 10.0 Å². The average Bonchev–Trinajstić information content (AvgIpc) is 2.90. The number of carbonyl (C=O) groups is 2. The van der Waals surface area contributed by atoms with E-state index in [1.807, 2.05) is 13.8 Å². The van der Waals surface area contributed by atoms with Crippen LogP contribution in [-0.2, 0) is 26.2 Å². The van der Waals surface area contributed by atoms with Gasteiger partial charge in [-0.05, 0) is 51.5 Å². The Balaban J connectivity index is 1.99. The van der Waals surface area contributed by atoms with Gasteiger partial charge in [-0.2, -0.15) is 0 Å². The van der Waals surface area contributed by atoms with Crippen molar-refractivity contribution in [1.82, 2.24) is 10.2 Å². The summed E-state index contributed by atoms with van der Waals surface area (Å²) in [4.78, 5) is 28.2. The summed E-state index contributed by atoms with van der Waals surface area (Å²) in [6.07, 6.45) is 0.704. The number of ether oxygens (including phenoxy) is 2. The predicted octanol–water partition coefficient (Wildman–Crippen LogP) is 4.25. The van der Waals surface area contributed by atoms with Gasteiger partial charge >= 0.3 is 0 Å². The van der Waals surface area contributed by atoms with Gasteiger partial charge in [0.05, 0.1) is 11.4 Å². The fourth-order valence-corrected chi connectivity index (χ4v) is 5.38. The largest absolute Gasteiger partial charge is 0.486 e. The molecule has 0 unspecified atom stereocenters. The van der Waals surface area contributed by atoms with Gasteiger partial charge in [-0.15, -0.1) is 0 Å². The fourth-order valence-electron chi connectivity index (χ4n) is 3.81. The van der Waals surface area contributed by atoms with Crippen LogP contribution in [0.5, 0.6) is 11.5 Å². The highest BCUT2D eigenvalue weighted by atomic mass is 35.5. The molecule has 0 saturated heterocycles. The summed E-state index contributed by atoms with van der Waals surface area (Å²) in [5, 5.41) is 3.54. The lowest BCUT2D eigenvalue weighted by molar-refractivity contribution is -0.139. The molecule has 12 heteroatoms. The van der Waals surface area contributed by atoms with E-state index in [-0.39, 0.29) is 29.9 Å². The minimum absolute atomic E-state index is 0.0897. The molecule has 2 aromatic carbocycles. The molecule has 0 bridgehead atoms. The van der Waals surface area contributed by atoms with Crippen LogP contribution in [0, 0.1) is 0 Å². The van der Waals surface area contributed by atoms with Gasteiger partial charge in [0.25, 0.3) is 0 Å². The molecule has 0 aromatic heterocycles. The summed E-state index contributed by atoms with van der Waals surface area (Å²) in [7, 11) is -3.89. The topological polar surface area (TPSA) is 105 Å². The van der Waals surface area contributed by atoms with Gasteiger partial charge in [0.2, 0.25) is 21.8 Å². The van der Waals surface area contributed by atoms with E-state index in [1.54, 1.807) is 37.3 Å². The zero-order valence-corrected chi connectivity index (χ0v) is 24.2. The second-order valence-electron chi connectivity index (χ2n) is 8.95. The van der Waals surface area contributed by atoms with Crippen molar-refractivity contribution < 1.29 is 27.5 Å². The molecule has 1 aliphatic heterocycles. The number of benzene rings is 2. The van der Waals surface area contributed by atoms with Gasteiger partial charge < -0.3 is 19.7 Å². The third-order valence-electron chi connectivity index (χ3n) is 6.35. The van der Waals surface area contributed by atoms with Gasteiger partial charge in [0, 0.05) is 34.3 Å². The highest BCUT2D eigenvalue weighted by molar-refractivity contribution is 7.92. The highest BCUT2D eigenvalue weighted by Crippen LogP contribution is 2.35. The Bertz CT molecular complexity index is 1250. The number of amides is 2. The molecular weight excluding hydrogens is 553 g/mol. The van der Waals surface area contributed by atoms with Gasteiger partial charge in [-0.3, -0.25) is 13.9 Å². The summed E-state index contributed by atoms with van der Waals surface area (Å²) in [5.41, 5.74) is 0.702. The Morgan fingerprint density at radius 3 is 2.26 bits per heavy atom. The maximum Gasteiger partial charge on any atom is 0.244 e. The van der Waals surface area contributed by atoms with Gasteiger partial charge in [0.15, 0.2) is 11.5 Å². The predicted molar refractivity (Wildman–Crippen MR) is 149 cm³/mol. The van der Waals surface area contributed by atoms with Crippen LogP contribution in [-0.4, -0.2) is 62.7 Å². The Labute approximate surface area is 234 Å². The number of fused-ring (bicyclic) bond motifs is 1. The molecule has 2 amide bonds. The first kappa shape index (κ1) is 29.9. The number of rotatable bonds is 11. The van der Waals surface area contributed by atoms with Crippen molar-refractivity contribution in [3.05, 3.63) is 52.0 Å². The third kappa shape index (κ3) is 7.03. The highest BCUT2D eigenvalue weighted by Gasteiger charge is 2.32. The normalized spacial score (nSPS) is 14.4. The molecule has 0 spiro atoms. The van der Waals surface area contributed by atoms with E-state index in [4.69, 9.17) is 32.7 Å². The molecule has 0 saturated carbocycles. The standard InChI is InChI=1S/C26H33Cl2N3O6S/c1-5-17(3)29-26(33)18(4)30(15-20-21(27)8-7-9-22(20)28)25(32)16-31(38(34,35)6-2)19-10-11-23-24(14-19)37-13-12-36-23/h7-11,14,17-18H,5-6,12-13,15-16H2,1-4H3,(H,29,33)/t17-,18+/m0/s1. The molecule has 38 heavy (non-hydrogen) atoms. The first-order valence-corrected chi connectivity index (χ1v) is 14.8. The molecule has 3 rings (SSSR count). The van der Waals surface area contributed by atoms with E-state index >= 15 is 0 Å². The first-order valence-electron chi connectivity index (χ1n) is 12.4. The number of nitrogens with one attached hydrogen (secondary N) is 1. The van der Waals surface area contributed by atoms with E-state index in [1.165, 1.54) is 17.9 Å². The van der Waals surface area contributed by atoms with Crippen LogP contribution in [0.3, 0.4) is 0 Å². The maximum atomic E-state index is 13.8. The first-order chi connectivity index (χ1) is 18.0. The van der Waals surface area contributed by atoms with E-state index in [9.17, 15) is 18.0 Å². The number of hydrogen-bond acceptors (Lipinski definition) is 6. The van der Waals surface area contributed by atoms with Crippen molar-refractivity contribution in [2.24, 2.45) is 0 Å². The van der Waals surface area contributed by atoms with Crippen LogP contribution in [0.4, 0.5) is 5.69 Å². The van der Waals surface area contributed by atoms with Crippen molar-refractivity contribution >= 4 is 50.7 Å². The van der Waals surface area contributed by atoms with E-state index in [2.05, 4.69) is 5.32 Å². The lowest BCUT2D eigenvalue weighted by atomic mass is 10.1. The minimum Gasteiger partial charge on any atom is -0.486 e. The molecule has 1 aliphatic rings. The number of halogens is 2. The molecular formula is C26H33Cl2N3O6S. The lowest BCUT2D eigenvalue weighted by Gasteiger charge is -2.33. The zero-order chi connectivity index (χ0) is 28.0. The van der Waals surface area contributed by atoms with Crippen molar-refractivity contribution in [3.63, 3.8) is 0 Å². The molecule has 0 fully saturated rings. The quantitative estimate of drug-likeness (QED) is 0.422. The minimum atomic E-state index is -3.89. The molecule has 1 N–H and O–H groups in total. The number of nitrogens with zero attached hydrogens (tertiary/aromatic N) is 2. The van der Waals surface area contributed by atoms with E-state index in [0.29, 0.717) is 46.7 Å². The second-order valence-corrected chi connectivity index (χ2v) is 11.9. The van der Waals surface area contributed by atoms with Crippen LogP contribution in [0.25, 0.3) is 0 Å². The van der Waals surface area contributed by atoms with Gasteiger partial charge in [0.1, 0.15) is 25.8 Å². The third-order valence-corrected chi connectivity index (χ3v) is 8.80. The monoisotopic (exact) mass is 585 g/mol. The summed E-state index contributed by atoms with van der Waals surface area (Å²) >= 11 is 12.8. The van der Waals surface area contributed by atoms with Crippen LogP contribution in [0.1, 0.15) is 39.7 Å². The van der Waals surface area contributed by atoms with Crippen LogP contribution in [0.15, 0.2) is 36.4 Å². The summed E-state index contributed by atoms with van der Waals surface area (Å²) in [6, 6.07) is 8.60. The smallest absolute Gasteiger partial charge is 0.244 e. The SMILES string of the molecule is CC[C@H](C)NC(=O)[C@@H](C)N(Cc1c(Cl)cccc1Cl)C(=O)CN(c1ccc2c(c1)OCCO2)S(=O)(=O)CC. The number of hydrogen-bond donors (Lipinski definition) is 1. The van der Waals surface area contributed by atoms with E-state index < -0.39 is 28.5 Å². The molecule has 0 radical (unpaired) electrons. The van der Waals surface area contributed by atoms with Crippen molar-refractivity contribution in [3.8, 4) is 11.5 Å². The lowest BCUT2D eigenvalue weighted by Crippen LogP contribution is -2.52. The summed E-state index contributed by atoms with van der Waals surface area (Å²) in [5.74, 6) is -0.335. The number of sulfonamides is 1. The van der Waals surface area contributed by atoms with Gasteiger partial charge in [-0.25, -0.2) is 8.42 Å². The van der Waals surface area contributed by atoms with E-state index in [0.717, 1.165) is 4.31 Å². The molecule has 208 valence electrons. The van der Waals surface area contributed by atoms with Crippen molar-refractivity contribution in [2.75, 3.05) is 29.8 Å². The van der Waals surface area contributed by atoms with Crippen LogP contribution < -0.4 is 19.1 Å². The molecule has 1 heterocycles. The summed E-state index contributed by atoms with van der Waals surface area (Å²) in [6.45, 7) is 6.95. The Morgan fingerprint density at radius 2 is 1.66 bits per heavy atom. The van der Waals surface area contributed by atoms with Crippen molar-refractivity contribution in [2.45, 2.75) is 52.7 Å². The fraction of sp³-hybridized carbons (Fsp3) is 0.462. The average molecular weight is 587 g/mol. The summed E-state index contributed by atoms with van der Waals surface area (Å²) < 4.78 is 38.5. The maximum absolute atomic E-state index is 13.8. The van der Waals surface area contributed by atoms with Crippen molar-refractivity contribution in [1.29, 1.82) is 0 Å². The number of anilines is 1. The molecule has 0 aliphatic carbocycles. The Hall–Kier alpha value is -2.69. The van der Waals surface area contributed by atoms with Crippen LogP contribution >= 0.6 is 23.2 Å². The number of carbonyl (C=O) groups excluding carboxylic acids is 2. The van der Waals surface area contributed by atoms with Gasteiger partial charge in [-0.1, -0.05) is 36.2 Å². The molecule has 2 aromatic rings. The zero-order valence-electron chi connectivity index (χ0n) is 21.9.